The van der Waals surface area contributed by atoms with E-state index in [0.29, 0.717) is 11.7 Å². The summed E-state index contributed by atoms with van der Waals surface area (Å²) in [5.41, 5.74) is 2.92. The Morgan fingerprint density at radius 2 is 2.14 bits per heavy atom. The van der Waals surface area contributed by atoms with Crippen LogP contribution in [0.1, 0.15) is 37.1 Å². The van der Waals surface area contributed by atoms with Gasteiger partial charge >= 0.3 is 0 Å². The SMILES string of the molecule is CCn1nc(NC(=O)Cc2csc(-c3ccc4c(c3)OCO4)n2)cc1C1CC1. The molecule has 5 rings (SSSR count). The van der Waals surface area contributed by atoms with Crippen molar-refractivity contribution in [2.24, 2.45) is 0 Å². The Morgan fingerprint density at radius 3 is 2.96 bits per heavy atom. The number of amides is 1. The van der Waals surface area contributed by atoms with Gasteiger partial charge in [0.2, 0.25) is 12.7 Å². The first-order valence-electron chi connectivity index (χ1n) is 9.41. The summed E-state index contributed by atoms with van der Waals surface area (Å²) in [5, 5.41) is 10.2. The smallest absolute Gasteiger partial charge is 0.231 e. The largest absolute Gasteiger partial charge is 0.454 e. The number of anilines is 1. The molecule has 0 bridgehead atoms. The highest BCUT2D eigenvalue weighted by molar-refractivity contribution is 7.13. The van der Waals surface area contributed by atoms with Gasteiger partial charge in [0, 0.05) is 35.2 Å². The molecule has 144 valence electrons. The molecule has 3 aromatic rings. The van der Waals surface area contributed by atoms with Gasteiger partial charge in [-0.05, 0) is 38.0 Å². The zero-order valence-corrected chi connectivity index (χ0v) is 16.3. The Balaban J connectivity index is 1.26. The van der Waals surface area contributed by atoms with Gasteiger partial charge in [-0.25, -0.2) is 4.98 Å². The van der Waals surface area contributed by atoms with E-state index in [4.69, 9.17) is 9.47 Å². The van der Waals surface area contributed by atoms with E-state index >= 15 is 0 Å². The zero-order chi connectivity index (χ0) is 19.1. The molecule has 0 atom stereocenters. The summed E-state index contributed by atoms with van der Waals surface area (Å²) >= 11 is 1.51. The topological polar surface area (TPSA) is 78.3 Å². The second-order valence-corrected chi connectivity index (χ2v) is 7.84. The predicted octanol–water partition coefficient (Wildman–Crippen LogP) is 3.81. The summed E-state index contributed by atoms with van der Waals surface area (Å²) in [7, 11) is 0. The number of fused-ring (bicyclic) bond motifs is 1. The number of aryl methyl sites for hydroxylation is 1. The van der Waals surface area contributed by atoms with Crippen molar-refractivity contribution in [3.63, 3.8) is 0 Å². The van der Waals surface area contributed by atoms with Crippen molar-refractivity contribution in [3.8, 4) is 22.1 Å². The van der Waals surface area contributed by atoms with Crippen molar-refractivity contribution in [2.75, 3.05) is 12.1 Å². The second-order valence-electron chi connectivity index (χ2n) is 6.98. The third kappa shape index (κ3) is 3.35. The highest BCUT2D eigenvalue weighted by atomic mass is 32.1. The van der Waals surface area contributed by atoms with E-state index in [9.17, 15) is 4.79 Å². The highest BCUT2D eigenvalue weighted by Gasteiger charge is 2.28. The molecule has 1 saturated carbocycles. The number of carbonyl (C=O) groups excluding carboxylic acids is 1. The van der Waals surface area contributed by atoms with Crippen molar-refractivity contribution in [1.29, 1.82) is 0 Å². The molecular formula is C20H20N4O3S. The van der Waals surface area contributed by atoms with Gasteiger partial charge in [-0.3, -0.25) is 9.48 Å². The van der Waals surface area contributed by atoms with Gasteiger partial charge in [0.15, 0.2) is 17.3 Å². The van der Waals surface area contributed by atoms with Gasteiger partial charge in [-0.1, -0.05) is 0 Å². The lowest BCUT2D eigenvalue weighted by atomic mass is 10.2. The number of nitrogens with one attached hydrogen (secondary N) is 1. The van der Waals surface area contributed by atoms with Gasteiger partial charge in [0.25, 0.3) is 0 Å². The third-order valence-electron chi connectivity index (χ3n) is 4.89. The summed E-state index contributed by atoms with van der Waals surface area (Å²) in [4.78, 5) is 17.0. The Bertz CT molecular complexity index is 1040. The molecule has 1 fully saturated rings. The van der Waals surface area contributed by atoms with Crippen LogP contribution in [0.5, 0.6) is 11.5 Å². The minimum Gasteiger partial charge on any atom is -0.454 e. The number of benzene rings is 1. The van der Waals surface area contributed by atoms with E-state index in [2.05, 4.69) is 22.3 Å². The summed E-state index contributed by atoms with van der Waals surface area (Å²) < 4.78 is 12.7. The van der Waals surface area contributed by atoms with Gasteiger partial charge in [-0.2, -0.15) is 5.10 Å². The fraction of sp³-hybridized carbons (Fsp3) is 0.350. The van der Waals surface area contributed by atoms with Crippen LogP contribution in [0.4, 0.5) is 5.82 Å². The summed E-state index contributed by atoms with van der Waals surface area (Å²) in [6.45, 7) is 3.13. The van der Waals surface area contributed by atoms with Crippen LogP contribution < -0.4 is 14.8 Å². The summed E-state index contributed by atoms with van der Waals surface area (Å²) in [5.74, 6) is 2.59. The molecule has 1 amide bonds. The van der Waals surface area contributed by atoms with Crippen molar-refractivity contribution in [3.05, 3.63) is 41.0 Å². The standard InChI is InChI=1S/C20H20N4O3S/c1-2-24-15(12-3-4-12)9-18(23-24)22-19(25)8-14-10-28-20(21-14)13-5-6-16-17(7-13)27-11-26-16/h5-7,9-10,12H,2-4,8,11H2,1H3,(H,22,23,25). The van der Waals surface area contributed by atoms with Crippen molar-refractivity contribution >= 4 is 23.1 Å². The lowest BCUT2D eigenvalue weighted by Crippen LogP contribution is -2.15. The molecule has 3 heterocycles. The number of aromatic nitrogens is 3. The molecule has 0 radical (unpaired) electrons. The number of rotatable bonds is 6. The van der Waals surface area contributed by atoms with Gasteiger partial charge in [0.1, 0.15) is 5.01 Å². The first kappa shape index (κ1) is 17.2. The summed E-state index contributed by atoms with van der Waals surface area (Å²) in [6, 6.07) is 7.75. The number of nitrogens with zero attached hydrogens (tertiary/aromatic N) is 3. The lowest BCUT2D eigenvalue weighted by molar-refractivity contribution is -0.115. The van der Waals surface area contributed by atoms with Crippen molar-refractivity contribution < 1.29 is 14.3 Å². The van der Waals surface area contributed by atoms with E-state index < -0.39 is 0 Å². The number of carbonyl (C=O) groups is 1. The zero-order valence-electron chi connectivity index (χ0n) is 15.5. The van der Waals surface area contributed by atoms with Crippen LogP contribution in [0.2, 0.25) is 0 Å². The van der Waals surface area contributed by atoms with E-state index in [0.717, 1.165) is 34.3 Å². The molecular weight excluding hydrogens is 376 g/mol. The normalized spacial score (nSPS) is 15.0. The monoisotopic (exact) mass is 396 g/mol. The molecule has 1 aliphatic heterocycles. The first-order valence-corrected chi connectivity index (χ1v) is 10.3. The Kier molecular flexibility index (Phi) is 4.27. The van der Waals surface area contributed by atoms with Gasteiger partial charge in [0.05, 0.1) is 12.1 Å². The quantitative estimate of drug-likeness (QED) is 0.685. The Morgan fingerprint density at radius 1 is 1.29 bits per heavy atom. The molecule has 8 heteroatoms. The fourth-order valence-electron chi connectivity index (χ4n) is 3.36. The van der Waals surface area contributed by atoms with E-state index in [1.165, 1.54) is 29.9 Å². The Hall–Kier alpha value is -2.87. The van der Waals surface area contributed by atoms with E-state index in [1.807, 2.05) is 34.3 Å². The maximum atomic E-state index is 12.4. The molecule has 1 aromatic carbocycles. The highest BCUT2D eigenvalue weighted by Crippen LogP contribution is 2.41. The predicted molar refractivity (Wildman–Crippen MR) is 106 cm³/mol. The molecule has 2 aromatic heterocycles. The summed E-state index contributed by atoms with van der Waals surface area (Å²) in [6.07, 6.45) is 2.64. The molecule has 0 spiro atoms. The van der Waals surface area contributed by atoms with Crippen LogP contribution in [0.3, 0.4) is 0 Å². The van der Waals surface area contributed by atoms with Crippen LogP contribution in [-0.4, -0.2) is 27.5 Å². The van der Waals surface area contributed by atoms with Crippen molar-refractivity contribution in [1.82, 2.24) is 14.8 Å². The number of thiazole rings is 1. The molecule has 1 N–H and O–H groups in total. The maximum absolute atomic E-state index is 12.4. The average molecular weight is 396 g/mol. The van der Waals surface area contributed by atoms with Crippen LogP contribution in [0, 0.1) is 0 Å². The second kappa shape index (κ2) is 6.94. The fourth-order valence-corrected chi connectivity index (χ4v) is 4.17. The van der Waals surface area contributed by atoms with Gasteiger partial charge in [-0.15, -0.1) is 11.3 Å². The minimum atomic E-state index is -0.106. The molecule has 0 unspecified atom stereocenters. The van der Waals surface area contributed by atoms with Crippen LogP contribution >= 0.6 is 11.3 Å². The third-order valence-corrected chi connectivity index (χ3v) is 5.83. The minimum absolute atomic E-state index is 0.106. The average Bonchev–Trinajstić information content (AvgIpc) is 3.08. The molecule has 1 aliphatic carbocycles. The van der Waals surface area contributed by atoms with Crippen LogP contribution in [-0.2, 0) is 17.8 Å². The number of hydrogen-bond acceptors (Lipinski definition) is 6. The molecule has 0 saturated heterocycles. The maximum Gasteiger partial charge on any atom is 0.231 e. The number of hydrogen-bond donors (Lipinski definition) is 1. The molecule has 2 aliphatic rings. The lowest BCUT2D eigenvalue weighted by Gasteiger charge is -2.01. The van der Waals surface area contributed by atoms with Crippen LogP contribution in [0.15, 0.2) is 29.6 Å². The first-order chi connectivity index (χ1) is 13.7. The molecule has 28 heavy (non-hydrogen) atoms. The molecule has 7 nitrogen and oxygen atoms in total. The van der Waals surface area contributed by atoms with Crippen LogP contribution in [0.25, 0.3) is 10.6 Å². The van der Waals surface area contributed by atoms with Gasteiger partial charge < -0.3 is 14.8 Å². The number of ether oxygens (including phenoxy) is 2. The Labute approximate surface area is 166 Å². The van der Waals surface area contributed by atoms with Crippen molar-refractivity contribution in [2.45, 2.75) is 38.6 Å². The van der Waals surface area contributed by atoms with E-state index in [1.54, 1.807) is 0 Å². The van der Waals surface area contributed by atoms with E-state index in [-0.39, 0.29) is 19.1 Å².